The first-order valence-electron chi connectivity index (χ1n) is 3.31. The molecule has 0 aromatic carbocycles. The zero-order valence-corrected chi connectivity index (χ0v) is 8.49. The van der Waals surface area contributed by atoms with Gasteiger partial charge in [0.2, 0.25) is 0 Å². The number of hydrogen-bond acceptors (Lipinski definition) is 3. The lowest BCUT2D eigenvalue weighted by atomic mass is 10.3. The van der Waals surface area contributed by atoms with E-state index >= 15 is 0 Å². The lowest BCUT2D eigenvalue weighted by Gasteiger charge is -2.31. The van der Waals surface area contributed by atoms with Crippen molar-refractivity contribution >= 4 is 40.8 Å². The molecule has 0 radical (unpaired) electrons. The molecule has 2 atom stereocenters. The summed E-state index contributed by atoms with van der Waals surface area (Å²) in [4.78, 5) is 10.9. The smallest absolute Gasteiger partial charge is 0.310 e. The molecule has 1 aliphatic heterocycles. The van der Waals surface area contributed by atoms with Crippen molar-refractivity contribution in [2.75, 3.05) is 0 Å². The zero-order chi connectivity index (χ0) is 9.35. The Morgan fingerprint density at radius 3 is 2.50 bits per heavy atom. The Labute approximate surface area is 84.9 Å². The third-order valence-electron chi connectivity index (χ3n) is 1.32. The standard InChI is InChI=1S/C6H7Cl3O3/c1-3-2-4(10)12-5(11-3)6(7,8)9/h3,5H,2H2,1H3. The summed E-state index contributed by atoms with van der Waals surface area (Å²) in [5.74, 6) is -0.412. The predicted molar refractivity (Wildman–Crippen MR) is 45.3 cm³/mol. The highest BCUT2D eigenvalue weighted by atomic mass is 35.6. The third kappa shape index (κ3) is 2.66. The van der Waals surface area contributed by atoms with Gasteiger partial charge >= 0.3 is 5.97 Å². The van der Waals surface area contributed by atoms with Crippen LogP contribution in [0.2, 0.25) is 0 Å². The fraction of sp³-hybridized carbons (Fsp3) is 0.833. The SMILES string of the molecule is CC1CC(=O)OC(C(Cl)(Cl)Cl)O1. The van der Waals surface area contributed by atoms with E-state index in [4.69, 9.17) is 39.5 Å². The van der Waals surface area contributed by atoms with Crippen LogP contribution < -0.4 is 0 Å². The van der Waals surface area contributed by atoms with Gasteiger partial charge in [0.15, 0.2) is 0 Å². The van der Waals surface area contributed by atoms with Gasteiger partial charge in [0, 0.05) is 0 Å². The van der Waals surface area contributed by atoms with E-state index in [0.29, 0.717) is 0 Å². The number of cyclic esters (lactones) is 1. The topological polar surface area (TPSA) is 35.5 Å². The second kappa shape index (κ2) is 3.58. The molecule has 70 valence electrons. The predicted octanol–water partition coefficient (Wildman–Crippen LogP) is 2.03. The number of ether oxygens (including phenoxy) is 2. The molecular weight excluding hydrogens is 226 g/mol. The minimum absolute atomic E-state index is 0.192. The van der Waals surface area contributed by atoms with E-state index in [9.17, 15) is 4.79 Å². The lowest BCUT2D eigenvalue weighted by molar-refractivity contribution is -0.210. The second-order valence-corrected chi connectivity index (χ2v) is 4.88. The molecule has 0 saturated carbocycles. The summed E-state index contributed by atoms with van der Waals surface area (Å²) in [5.41, 5.74) is 0. The number of carbonyl (C=O) groups excluding carboxylic acids is 1. The van der Waals surface area contributed by atoms with Crippen LogP contribution in [0.3, 0.4) is 0 Å². The molecule has 0 N–H and O–H groups in total. The average Bonchev–Trinajstić information content (AvgIpc) is 1.82. The molecular formula is C6H7Cl3O3. The maximum Gasteiger partial charge on any atom is 0.310 e. The van der Waals surface area contributed by atoms with Crippen LogP contribution in [0.5, 0.6) is 0 Å². The molecule has 2 unspecified atom stereocenters. The van der Waals surface area contributed by atoms with Crippen LogP contribution >= 0.6 is 34.8 Å². The first-order chi connectivity index (χ1) is 5.39. The van der Waals surface area contributed by atoms with Crippen molar-refractivity contribution in [3.05, 3.63) is 0 Å². The fourth-order valence-corrected chi connectivity index (χ4v) is 1.12. The third-order valence-corrected chi connectivity index (χ3v) is 1.85. The maximum atomic E-state index is 10.9. The summed E-state index contributed by atoms with van der Waals surface area (Å²) in [6, 6.07) is 0. The van der Waals surface area contributed by atoms with Crippen LogP contribution in [0, 0.1) is 0 Å². The Balaban J connectivity index is 2.62. The van der Waals surface area contributed by atoms with Gasteiger partial charge in [-0.25, -0.2) is 0 Å². The number of alkyl halides is 3. The summed E-state index contributed by atoms with van der Waals surface area (Å²) in [6.07, 6.45) is -1.18. The van der Waals surface area contributed by atoms with E-state index in [0.717, 1.165) is 0 Å². The van der Waals surface area contributed by atoms with Crippen LogP contribution in [0.4, 0.5) is 0 Å². The highest BCUT2D eigenvalue weighted by Crippen LogP contribution is 2.35. The summed E-state index contributed by atoms with van der Waals surface area (Å²) >= 11 is 16.4. The number of hydrogen-bond donors (Lipinski definition) is 0. The zero-order valence-electron chi connectivity index (χ0n) is 6.22. The van der Waals surface area contributed by atoms with Crippen LogP contribution in [0.25, 0.3) is 0 Å². The lowest BCUT2D eigenvalue weighted by Crippen LogP contribution is -2.41. The molecule has 0 amide bonds. The van der Waals surface area contributed by atoms with E-state index in [1.807, 2.05) is 0 Å². The minimum atomic E-state index is -1.72. The number of carbonyl (C=O) groups is 1. The fourth-order valence-electron chi connectivity index (χ4n) is 0.833. The Bertz CT molecular complexity index is 189. The first kappa shape index (κ1) is 10.4. The monoisotopic (exact) mass is 232 g/mol. The number of halogens is 3. The molecule has 12 heavy (non-hydrogen) atoms. The van der Waals surface area contributed by atoms with Crippen molar-refractivity contribution in [1.29, 1.82) is 0 Å². The van der Waals surface area contributed by atoms with Crippen molar-refractivity contribution in [2.45, 2.75) is 29.5 Å². The van der Waals surface area contributed by atoms with Crippen LogP contribution in [-0.4, -0.2) is 22.2 Å². The Morgan fingerprint density at radius 1 is 1.50 bits per heavy atom. The van der Waals surface area contributed by atoms with Gasteiger partial charge in [-0.2, -0.15) is 0 Å². The van der Waals surface area contributed by atoms with Crippen molar-refractivity contribution in [3.63, 3.8) is 0 Å². The normalized spacial score (nSPS) is 31.5. The van der Waals surface area contributed by atoms with E-state index in [1.54, 1.807) is 6.92 Å². The van der Waals surface area contributed by atoms with Gasteiger partial charge in [0.25, 0.3) is 10.1 Å². The molecule has 0 aromatic rings. The Morgan fingerprint density at radius 2 is 2.08 bits per heavy atom. The molecule has 1 heterocycles. The molecule has 1 saturated heterocycles. The number of rotatable bonds is 0. The Kier molecular flexibility index (Phi) is 3.10. The summed E-state index contributed by atoms with van der Waals surface area (Å²) < 4.78 is 8.03. The highest BCUT2D eigenvalue weighted by molar-refractivity contribution is 6.68. The molecule has 3 nitrogen and oxygen atoms in total. The molecule has 0 spiro atoms. The van der Waals surface area contributed by atoms with Gasteiger partial charge in [0.1, 0.15) is 0 Å². The van der Waals surface area contributed by atoms with Gasteiger partial charge in [-0.15, -0.1) is 0 Å². The second-order valence-electron chi connectivity index (χ2n) is 2.51. The number of esters is 1. The highest BCUT2D eigenvalue weighted by Gasteiger charge is 2.41. The molecule has 1 aliphatic rings. The van der Waals surface area contributed by atoms with E-state index in [1.165, 1.54) is 0 Å². The summed E-state index contributed by atoms with van der Waals surface area (Å²) in [5, 5.41) is 0. The summed E-state index contributed by atoms with van der Waals surface area (Å²) in [7, 11) is 0. The van der Waals surface area contributed by atoms with Crippen LogP contribution in [0.15, 0.2) is 0 Å². The van der Waals surface area contributed by atoms with E-state index in [2.05, 4.69) is 4.74 Å². The van der Waals surface area contributed by atoms with Crippen molar-refractivity contribution in [2.24, 2.45) is 0 Å². The largest absolute Gasteiger partial charge is 0.431 e. The van der Waals surface area contributed by atoms with E-state index < -0.39 is 16.1 Å². The minimum Gasteiger partial charge on any atom is -0.431 e. The van der Waals surface area contributed by atoms with E-state index in [-0.39, 0.29) is 12.5 Å². The van der Waals surface area contributed by atoms with Crippen molar-refractivity contribution in [1.82, 2.24) is 0 Å². The van der Waals surface area contributed by atoms with Crippen LogP contribution in [0.1, 0.15) is 13.3 Å². The molecule has 0 aliphatic carbocycles. The van der Waals surface area contributed by atoms with Crippen LogP contribution in [-0.2, 0) is 14.3 Å². The van der Waals surface area contributed by atoms with Crippen molar-refractivity contribution in [3.8, 4) is 0 Å². The molecule has 6 heteroatoms. The van der Waals surface area contributed by atoms with Gasteiger partial charge in [-0.05, 0) is 6.92 Å². The van der Waals surface area contributed by atoms with Gasteiger partial charge in [-0.1, -0.05) is 34.8 Å². The maximum absolute atomic E-state index is 10.9. The molecule has 0 aromatic heterocycles. The van der Waals surface area contributed by atoms with Crippen molar-refractivity contribution < 1.29 is 14.3 Å². The quantitative estimate of drug-likeness (QED) is 0.474. The van der Waals surface area contributed by atoms with Gasteiger partial charge in [0.05, 0.1) is 12.5 Å². The van der Waals surface area contributed by atoms with Gasteiger partial charge in [-0.3, -0.25) is 4.79 Å². The Hall–Kier alpha value is 0.300. The molecule has 1 fully saturated rings. The van der Waals surface area contributed by atoms with Gasteiger partial charge < -0.3 is 9.47 Å². The average molecular weight is 233 g/mol. The first-order valence-corrected chi connectivity index (χ1v) is 4.44. The molecule has 0 bridgehead atoms. The molecule has 1 rings (SSSR count). The summed E-state index contributed by atoms with van der Waals surface area (Å²) in [6.45, 7) is 1.71.